The van der Waals surface area contributed by atoms with Crippen LogP contribution in [0.3, 0.4) is 0 Å². The summed E-state index contributed by atoms with van der Waals surface area (Å²) < 4.78 is 6.42. The van der Waals surface area contributed by atoms with Crippen molar-refractivity contribution in [1.82, 2.24) is 15.1 Å². The summed E-state index contributed by atoms with van der Waals surface area (Å²) in [5.74, 6) is 0.470. The van der Waals surface area contributed by atoms with Gasteiger partial charge in [0.05, 0.1) is 13.7 Å². The molecule has 0 fully saturated rings. The van der Waals surface area contributed by atoms with Crippen molar-refractivity contribution in [2.45, 2.75) is 39.2 Å². The number of nitrogens with zero attached hydrogens (tertiary/aromatic N) is 2. The SMILES string of the molecule is CCCCCCNCCn1nc(OC)ccc1=O. The lowest BCUT2D eigenvalue weighted by molar-refractivity contribution is 0.374. The maximum absolute atomic E-state index is 11.5. The Morgan fingerprint density at radius 2 is 2.11 bits per heavy atom. The Bertz CT molecular complexity index is 390. The normalized spacial score (nSPS) is 10.6. The molecule has 0 aromatic carbocycles. The largest absolute Gasteiger partial charge is 0.480 e. The van der Waals surface area contributed by atoms with Crippen molar-refractivity contribution in [2.75, 3.05) is 20.2 Å². The fourth-order valence-electron chi connectivity index (χ4n) is 1.69. The van der Waals surface area contributed by atoms with Crippen LogP contribution in [0, 0.1) is 0 Å². The van der Waals surface area contributed by atoms with E-state index in [1.54, 1.807) is 13.2 Å². The Hall–Kier alpha value is -1.36. The predicted octanol–water partition coefficient (Wildman–Crippen LogP) is 1.42. The highest BCUT2D eigenvalue weighted by atomic mass is 16.5. The lowest BCUT2D eigenvalue weighted by Gasteiger charge is -2.07. The zero-order valence-corrected chi connectivity index (χ0v) is 11.3. The van der Waals surface area contributed by atoms with Crippen LogP contribution in [0.25, 0.3) is 0 Å². The van der Waals surface area contributed by atoms with Gasteiger partial charge in [-0.25, -0.2) is 4.68 Å². The molecule has 5 nitrogen and oxygen atoms in total. The molecule has 102 valence electrons. The second-order valence-corrected chi connectivity index (χ2v) is 4.25. The summed E-state index contributed by atoms with van der Waals surface area (Å²) in [6, 6.07) is 3.06. The van der Waals surface area contributed by atoms with E-state index in [9.17, 15) is 4.79 Å². The van der Waals surface area contributed by atoms with Crippen LogP contribution in [0.4, 0.5) is 0 Å². The first-order valence-electron chi connectivity index (χ1n) is 6.60. The topological polar surface area (TPSA) is 56.1 Å². The third-order valence-corrected chi connectivity index (χ3v) is 2.76. The van der Waals surface area contributed by atoms with Gasteiger partial charge >= 0.3 is 0 Å². The number of nitrogens with one attached hydrogen (secondary N) is 1. The summed E-state index contributed by atoms with van der Waals surface area (Å²) in [7, 11) is 1.54. The summed E-state index contributed by atoms with van der Waals surface area (Å²) >= 11 is 0. The summed E-state index contributed by atoms with van der Waals surface area (Å²) in [6.45, 7) is 4.53. The van der Waals surface area contributed by atoms with Crippen molar-refractivity contribution in [3.05, 3.63) is 22.5 Å². The highest BCUT2D eigenvalue weighted by Crippen LogP contribution is 1.99. The number of hydrogen-bond acceptors (Lipinski definition) is 4. The van der Waals surface area contributed by atoms with Gasteiger partial charge in [-0.3, -0.25) is 4.79 Å². The van der Waals surface area contributed by atoms with Crippen LogP contribution in [0.5, 0.6) is 5.88 Å². The van der Waals surface area contributed by atoms with E-state index in [-0.39, 0.29) is 5.56 Å². The van der Waals surface area contributed by atoms with Crippen molar-refractivity contribution in [1.29, 1.82) is 0 Å². The Kier molecular flexibility index (Phi) is 7.10. The zero-order valence-electron chi connectivity index (χ0n) is 11.3. The summed E-state index contributed by atoms with van der Waals surface area (Å²) in [5, 5.41) is 7.40. The monoisotopic (exact) mass is 253 g/mol. The Labute approximate surface area is 108 Å². The minimum absolute atomic E-state index is 0.0939. The third-order valence-electron chi connectivity index (χ3n) is 2.76. The second kappa shape index (κ2) is 8.69. The van der Waals surface area contributed by atoms with Gasteiger partial charge in [-0.1, -0.05) is 26.2 Å². The molecule has 5 heteroatoms. The molecule has 0 radical (unpaired) electrons. The summed E-state index contributed by atoms with van der Waals surface area (Å²) in [6.07, 6.45) is 5.00. The Morgan fingerprint density at radius 3 is 2.83 bits per heavy atom. The van der Waals surface area contributed by atoms with Crippen LogP contribution in [0.15, 0.2) is 16.9 Å². The number of ether oxygens (including phenoxy) is 1. The van der Waals surface area contributed by atoms with Crippen molar-refractivity contribution >= 4 is 0 Å². The average Bonchev–Trinajstić information content (AvgIpc) is 2.39. The van der Waals surface area contributed by atoms with Crippen molar-refractivity contribution < 1.29 is 4.74 Å². The van der Waals surface area contributed by atoms with Crippen LogP contribution in [-0.2, 0) is 6.54 Å². The van der Waals surface area contributed by atoms with Crippen LogP contribution >= 0.6 is 0 Å². The van der Waals surface area contributed by atoms with Gasteiger partial charge in [-0.15, -0.1) is 5.10 Å². The van der Waals surface area contributed by atoms with Gasteiger partial charge in [0.25, 0.3) is 5.56 Å². The molecule has 0 saturated carbocycles. The van der Waals surface area contributed by atoms with Gasteiger partial charge in [0.1, 0.15) is 0 Å². The maximum Gasteiger partial charge on any atom is 0.267 e. The highest BCUT2D eigenvalue weighted by molar-refractivity contribution is 5.05. The Balaban J connectivity index is 2.24. The number of methoxy groups -OCH3 is 1. The number of unbranched alkanes of at least 4 members (excludes halogenated alkanes) is 3. The van der Waals surface area contributed by atoms with Gasteiger partial charge in [0.15, 0.2) is 0 Å². The molecule has 0 spiro atoms. The van der Waals surface area contributed by atoms with E-state index >= 15 is 0 Å². The molecule has 1 heterocycles. The minimum atomic E-state index is -0.0939. The van der Waals surface area contributed by atoms with Gasteiger partial charge < -0.3 is 10.1 Å². The smallest absolute Gasteiger partial charge is 0.267 e. The zero-order chi connectivity index (χ0) is 13.2. The van der Waals surface area contributed by atoms with Gasteiger partial charge in [0, 0.05) is 18.7 Å². The molecular weight excluding hydrogens is 230 g/mol. The van der Waals surface area contributed by atoms with Crippen molar-refractivity contribution in [2.24, 2.45) is 0 Å². The van der Waals surface area contributed by atoms with E-state index in [2.05, 4.69) is 17.3 Å². The molecule has 1 aromatic rings. The van der Waals surface area contributed by atoms with E-state index in [0.717, 1.165) is 13.1 Å². The van der Waals surface area contributed by atoms with E-state index in [1.807, 2.05) is 0 Å². The molecule has 1 N–H and O–H groups in total. The standard InChI is InChI=1S/C13H23N3O2/c1-3-4-5-6-9-14-10-11-16-13(17)8-7-12(15-16)18-2/h7-8,14H,3-6,9-11H2,1-2H3. The van der Waals surface area contributed by atoms with E-state index in [1.165, 1.54) is 36.4 Å². The predicted molar refractivity (Wildman–Crippen MR) is 72.1 cm³/mol. The molecule has 0 saturated heterocycles. The average molecular weight is 253 g/mol. The van der Waals surface area contributed by atoms with Crippen LogP contribution in [0.1, 0.15) is 32.6 Å². The first kappa shape index (κ1) is 14.7. The van der Waals surface area contributed by atoms with Gasteiger partial charge in [-0.2, -0.15) is 0 Å². The first-order valence-corrected chi connectivity index (χ1v) is 6.60. The lowest BCUT2D eigenvalue weighted by Crippen LogP contribution is -2.29. The van der Waals surface area contributed by atoms with Crippen molar-refractivity contribution in [3.8, 4) is 5.88 Å². The molecule has 0 aliphatic carbocycles. The van der Waals surface area contributed by atoms with Crippen LogP contribution in [-0.4, -0.2) is 30.0 Å². The quantitative estimate of drug-likeness (QED) is 0.676. The molecule has 1 aromatic heterocycles. The van der Waals surface area contributed by atoms with Crippen LogP contribution < -0.4 is 15.6 Å². The third kappa shape index (κ3) is 5.31. The van der Waals surface area contributed by atoms with E-state index < -0.39 is 0 Å². The highest BCUT2D eigenvalue weighted by Gasteiger charge is 1.99. The lowest BCUT2D eigenvalue weighted by atomic mass is 10.2. The first-order chi connectivity index (χ1) is 8.77. The molecule has 0 aliphatic heterocycles. The van der Waals surface area contributed by atoms with E-state index in [4.69, 9.17) is 4.74 Å². The molecule has 0 unspecified atom stereocenters. The summed E-state index contributed by atoms with van der Waals surface area (Å²) in [5.41, 5.74) is -0.0939. The fraction of sp³-hybridized carbons (Fsp3) is 0.692. The molecular formula is C13H23N3O2. The van der Waals surface area contributed by atoms with Gasteiger partial charge in [-0.05, 0) is 13.0 Å². The molecule has 0 amide bonds. The van der Waals surface area contributed by atoms with Gasteiger partial charge in [0.2, 0.25) is 5.88 Å². The van der Waals surface area contributed by atoms with E-state index in [0.29, 0.717) is 12.4 Å². The molecule has 0 atom stereocenters. The molecule has 0 aliphatic rings. The van der Waals surface area contributed by atoms with Crippen molar-refractivity contribution in [3.63, 3.8) is 0 Å². The number of hydrogen-bond donors (Lipinski definition) is 1. The summed E-state index contributed by atoms with van der Waals surface area (Å²) in [4.78, 5) is 11.5. The maximum atomic E-state index is 11.5. The molecule has 1 rings (SSSR count). The van der Waals surface area contributed by atoms with Crippen LogP contribution in [0.2, 0.25) is 0 Å². The second-order valence-electron chi connectivity index (χ2n) is 4.25. The minimum Gasteiger partial charge on any atom is -0.480 e. The Morgan fingerprint density at radius 1 is 1.28 bits per heavy atom. The number of aromatic nitrogens is 2. The fourth-order valence-corrected chi connectivity index (χ4v) is 1.69. The molecule has 0 bridgehead atoms. The number of rotatable bonds is 9. The molecule has 18 heavy (non-hydrogen) atoms.